The molecule has 0 radical (unpaired) electrons. The Bertz CT molecular complexity index is 1630. The van der Waals surface area contributed by atoms with Gasteiger partial charge in [0.05, 0.1) is 0 Å². The number of allylic oxidation sites excluding steroid dienone is 10. The van der Waals surface area contributed by atoms with Crippen LogP contribution in [0.1, 0.15) is 61.7 Å². The molecule has 2 aromatic heterocycles. The summed E-state index contributed by atoms with van der Waals surface area (Å²) in [7, 11) is 0. The Balaban J connectivity index is 1.75. The third-order valence-electron chi connectivity index (χ3n) is 7.05. The number of hydrogen-bond donors (Lipinski definition) is 0. The highest BCUT2D eigenvalue weighted by atomic mass is 32.1. The lowest BCUT2D eigenvalue weighted by molar-refractivity contribution is -0.113. The van der Waals surface area contributed by atoms with E-state index < -0.39 is 0 Å². The fourth-order valence-corrected chi connectivity index (χ4v) is 7.11. The van der Waals surface area contributed by atoms with E-state index in [2.05, 4.69) is 80.8 Å². The Hall–Kier alpha value is -3.60. The molecule has 196 valence electrons. The summed E-state index contributed by atoms with van der Waals surface area (Å²) < 4.78 is 0. The van der Waals surface area contributed by atoms with Crippen LogP contribution < -0.4 is 0 Å². The highest BCUT2D eigenvalue weighted by molar-refractivity contribution is 7.15. The molecule has 2 heterocycles. The smallest absolute Gasteiger partial charge is 0.185 e. The van der Waals surface area contributed by atoms with E-state index in [1.54, 1.807) is 22.7 Å². The molecule has 0 saturated heterocycles. The van der Waals surface area contributed by atoms with Crippen molar-refractivity contribution in [1.29, 1.82) is 0 Å². The maximum absolute atomic E-state index is 13.1. The molecule has 0 N–H and O–H groups in total. The second-order valence-corrected chi connectivity index (χ2v) is 13.1. The molecule has 0 fully saturated rings. The van der Waals surface area contributed by atoms with Gasteiger partial charge in [-0.2, -0.15) is 0 Å². The molecule has 2 aliphatic rings. The van der Waals surface area contributed by atoms with Crippen LogP contribution in [-0.2, 0) is 9.59 Å². The van der Waals surface area contributed by atoms with E-state index in [0.29, 0.717) is 0 Å². The van der Waals surface area contributed by atoms with Crippen LogP contribution in [-0.4, -0.2) is 11.6 Å². The molecule has 2 nitrogen and oxygen atoms in total. The van der Waals surface area contributed by atoms with E-state index in [0.717, 1.165) is 59.9 Å². The van der Waals surface area contributed by atoms with Crippen LogP contribution in [0.25, 0.3) is 11.1 Å². The minimum absolute atomic E-state index is 0.0997. The molecule has 0 spiro atoms. The Morgan fingerprint density at radius 3 is 1.74 bits per heavy atom. The number of carbonyl (C=O) groups is 2. The Labute approximate surface area is 239 Å². The average molecular weight is 549 g/mol. The number of rotatable bonds is 4. The summed E-state index contributed by atoms with van der Waals surface area (Å²) in [6, 6.07) is 19.0. The van der Waals surface area contributed by atoms with Crippen molar-refractivity contribution >= 4 is 45.4 Å². The van der Waals surface area contributed by atoms with Crippen molar-refractivity contribution in [1.82, 2.24) is 0 Å². The molecule has 0 bridgehead atoms. The van der Waals surface area contributed by atoms with Crippen molar-refractivity contribution in [2.24, 2.45) is 5.41 Å². The van der Waals surface area contributed by atoms with Crippen molar-refractivity contribution in [2.45, 2.75) is 41.5 Å². The second kappa shape index (κ2) is 10.5. The van der Waals surface area contributed by atoms with Gasteiger partial charge in [0, 0.05) is 31.4 Å². The van der Waals surface area contributed by atoms with Gasteiger partial charge in [0.25, 0.3) is 0 Å². The number of carbonyl (C=O) groups excluding carboxylic acids is 2. The van der Waals surface area contributed by atoms with Crippen molar-refractivity contribution < 1.29 is 9.59 Å². The van der Waals surface area contributed by atoms with E-state index in [1.165, 1.54) is 4.88 Å². The summed E-state index contributed by atoms with van der Waals surface area (Å²) in [6.45, 7) is 12.0. The number of Topliss-reactive ketones (excluding diaryl/α,β-unsaturated/α-hetero) is 2. The van der Waals surface area contributed by atoms with Gasteiger partial charge in [-0.3, -0.25) is 9.59 Å². The summed E-state index contributed by atoms with van der Waals surface area (Å²) in [5, 5.41) is 2.09. The summed E-state index contributed by atoms with van der Waals surface area (Å²) in [4.78, 5) is 29.0. The van der Waals surface area contributed by atoms with Gasteiger partial charge in [0.15, 0.2) is 11.6 Å². The molecule has 4 heteroatoms. The first-order valence-electron chi connectivity index (χ1n) is 13.1. The maximum Gasteiger partial charge on any atom is 0.185 e. The van der Waals surface area contributed by atoms with E-state index in [-0.39, 0.29) is 17.0 Å². The summed E-state index contributed by atoms with van der Waals surface area (Å²) in [5.41, 5.74) is 8.34. The van der Waals surface area contributed by atoms with Crippen LogP contribution in [0.15, 0.2) is 118 Å². The third-order valence-corrected chi connectivity index (χ3v) is 9.06. The molecular weight excluding hydrogens is 517 g/mol. The highest BCUT2D eigenvalue weighted by Crippen LogP contribution is 2.42. The normalized spacial score (nSPS) is 17.4. The van der Waals surface area contributed by atoms with E-state index in [9.17, 15) is 9.59 Å². The van der Waals surface area contributed by atoms with Gasteiger partial charge >= 0.3 is 0 Å². The van der Waals surface area contributed by atoms with Crippen molar-refractivity contribution in [2.75, 3.05) is 0 Å². The van der Waals surface area contributed by atoms with Crippen LogP contribution >= 0.6 is 22.7 Å². The fourth-order valence-electron chi connectivity index (χ4n) is 5.06. The van der Waals surface area contributed by atoms with Gasteiger partial charge in [-0.1, -0.05) is 57.2 Å². The van der Waals surface area contributed by atoms with Gasteiger partial charge < -0.3 is 0 Å². The quantitative estimate of drug-likeness (QED) is 0.325. The molecule has 0 amide bonds. The maximum atomic E-state index is 13.1. The lowest BCUT2D eigenvalue weighted by Gasteiger charge is -2.26. The van der Waals surface area contributed by atoms with Crippen molar-refractivity contribution in [3.05, 3.63) is 138 Å². The van der Waals surface area contributed by atoms with Gasteiger partial charge in [-0.25, -0.2) is 0 Å². The first kappa shape index (κ1) is 27.0. The number of hydrogen-bond acceptors (Lipinski definition) is 4. The van der Waals surface area contributed by atoms with Crippen LogP contribution in [0.5, 0.6) is 0 Å². The lowest BCUT2D eigenvalue weighted by atomic mass is 9.77. The number of benzene rings is 1. The fraction of sp³-hybridized carbons (Fsp3) is 0.200. The Kier molecular flexibility index (Phi) is 7.28. The summed E-state index contributed by atoms with van der Waals surface area (Å²) >= 11 is 3.45. The third kappa shape index (κ3) is 5.32. The standard InChI is InChI=1S/C35H32O2S2/c1-21-17-25(18-22(2)33(21)36)32(28-13-10-16-38-28)30-15-14-29(39-30)31(24-11-8-7-9-12-24)26-19-23(3)34(37)27(20-26)35(4,5)6/h7-20H,1-6H3. The molecule has 0 atom stereocenters. The first-order chi connectivity index (χ1) is 18.5. The molecule has 5 rings (SSSR count). The molecule has 2 aliphatic carbocycles. The molecule has 1 aromatic carbocycles. The zero-order valence-corrected chi connectivity index (χ0v) is 24.8. The SMILES string of the molecule is CC1=CC(=C(c2cccs2)c2ccc(C(=C3C=C(C)C(=O)C(C(C)(C)C)=C3)c3ccccc3)s2)C=C(C)C1=O. The molecule has 0 aliphatic heterocycles. The van der Waals surface area contributed by atoms with Crippen LogP contribution in [0.2, 0.25) is 0 Å². The van der Waals surface area contributed by atoms with Gasteiger partial charge in [0.1, 0.15) is 0 Å². The van der Waals surface area contributed by atoms with Crippen LogP contribution in [0.3, 0.4) is 0 Å². The summed E-state index contributed by atoms with van der Waals surface area (Å²) in [6.07, 6.45) is 8.14. The van der Waals surface area contributed by atoms with Crippen LogP contribution in [0, 0.1) is 5.41 Å². The first-order valence-corrected chi connectivity index (χ1v) is 14.8. The molecular formula is C35H32O2S2. The number of ketones is 2. The van der Waals surface area contributed by atoms with E-state index in [1.807, 2.05) is 45.1 Å². The minimum Gasteiger partial charge on any atom is -0.289 e. The Morgan fingerprint density at radius 1 is 0.615 bits per heavy atom. The highest BCUT2D eigenvalue weighted by Gasteiger charge is 2.29. The molecule has 39 heavy (non-hydrogen) atoms. The minimum atomic E-state index is -0.260. The zero-order chi connectivity index (χ0) is 27.9. The molecule has 0 unspecified atom stereocenters. The Morgan fingerprint density at radius 2 is 1.18 bits per heavy atom. The van der Waals surface area contributed by atoms with E-state index in [4.69, 9.17) is 0 Å². The summed E-state index contributed by atoms with van der Waals surface area (Å²) in [5.74, 6) is 0.217. The average Bonchev–Trinajstić information content (AvgIpc) is 3.58. The molecule has 0 saturated carbocycles. The van der Waals surface area contributed by atoms with Gasteiger partial charge in [-0.05, 0) is 107 Å². The van der Waals surface area contributed by atoms with Gasteiger partial charge in [-0.15, -0.1) is 22.7 Å². The van der Waals surface area contributed by atoms with Crippen LogP contribution in [0.4, 0.5) is 0 Å². The zero-order valence-electron chi connectivity index (χ0n) is 23.2. The van der Waals surface area contributed by atoms with Crippen molar-refractivity contribution in [3.8, 4) is 0 Å². The second-order valence-electron chi connectivity index (χ2n) is 11.1. The lowest BCUT2D eigenvalue weighted by Crippen LogP contribution is -2.21. The predicted octanol–water partition coefficient (Wildman–Crippen LogP) is 9.39. The number of thiophene rings is 2. The largest absolute Gasteiger partial charge is 0.289 e. The van der Waals surface area contributed by atoms with Crippen molar-refractivity contribution in [3.63, 3.8) is 0 Å². The topological polar surface area (TPSA) is 34.1 Å². The predicted molar refractivity (Wildman–Crippen MR) is 166 cm³/mol. The van der Waals surface area contributed by atoms with Gasteiger partial charge in [0.2, 0.25) is 0 Å². The monoisotopic (exact) mass is 548 g/mol. The molecule has 3 aromatic rings. The van der Waals surface area contributed by atoms with E-state index >= 15 is 0 Å².